The number of hydrogen-bond donors (Lipinski definition) is 0. The van der Waals surface area contributed by atoms with Crippen LogP contribution in [-0.4, -0.2) is 11.5 Å². The van der Waals surface area contributed by atoms with E-state index in [1.807, 2.05) is 51.1 Å². The molecule has 0 aliphatic heterocycles. The highest BCUT2D eigenvalue weighted by atomic mass is 16.1. The summed E-state index contributed by atoms with van der Waals surface area (Å²) < 4.78 is 0. The molecule has 0 aliphatic rings. The van der Waals surface area contributed by atoms with Crippen LogP contribution in [0.1, 0.15) is 54.4 Å². The lowest BCUT2D eigenvalue weighted by Gasteiger charge is -2.23. The van der Waals surface area contributed by atoms with Gasteiger partial charge < -0.3 is 0 Å². The van der Waals surface area contributed by atoms with Crippen molar-refractivity contribution < 1.29 is 4.79 Å². The fourth-order valence-electron chi connectivity index (χ4n) is 1.86. The summed E-state index contributed by atoms with van der Waals surface area (Å²) in [5, 5.41) is 0. The Labute approximate surface area is 123 Å². The second-order valence-corrected chi connectivity index (χ2v) is 7.32. The van der Waals surface area contributed by atoms with Gasteiger partial charge in [-0.15, -0.1) is 0 Å². The molecule has 0 aliphatic carbocycles. The van der Waals surface area contributed by atoms with Crippen LogP contribution in [-0.2, 0) is 4.79 Å². The van der Waals surface area contributed by atoms with Crippen LogP contribution >= 0.6 is 0 Å². The molecular formula is C18H27NO. The Kier molecular flexibility index (Phi) is 5.27. The summed E-state index contributed by atoms with van der Waals surface area (Å²) in [5.74, 6) is 0.294. The Morgan fingerprint density at radius 2 is 1.45 bits per heavy atom. The standard InChI is InChI=1S/C18H27NO/c1-17(2,3)15(12-13-16(20)18(4,5)6)19-14-10-8-7-9-11-14/h7-11H,12-13H2,1-6H3. The van der Waals surface area contributed by atoms with E-state index >= 15 is 0 Å². The van der Waals surface area contributed by atoms with Gasteiger partial charge in [0.2, 0.25) is 0 Å². The van der Waals surface area contributed by atoms with E-state index in [4.69, 9.17) is 4.99 Å². The van der Waals surface area contributed by atoms with Gasteiger partial charge in [-0.2, -0.15) is 0 Å². The Bertz CT molecular complexity index is 472. The molecule has 1 rings (SSSR count). The zero-order valence-electron chi connectivity index (χ0n) is 13.7. The van der Waals surface area contributed by atoms with Crippen LogP contribution < -0.4 is 0 Å². The zero-order valence-corrected chi connectivity index (χ0v) is 13.7. The molecule has 0 bridgehead atoms. The van der Waals surface area contributed by atoms with Crippen molar-refractivity contribution in [3.05, 3.63) is 30.3 Å². The van der Waals surface area contributed by atoms with Gasteiger partial charge in [0.1, 0.15) is 5.78 Å². The SMILES string of the molecule is CC(C)(C)C(=O)CCC(=Nc1ccccc1)C(C)(C)C. The van der Waals surface area contributed by atoms with Crippen LogP contribution in [0.25, 0.3) is 0 Å². The lowest BCUT2D eigenvalue weighted by Crippen LogP contribution is -2.25. The van der Waals surface area contributed by atoms with Crippen molar-refractivity contribution in [3.8, 4) is 0 Å². The van der Waals surface area contributed by atoms with Crippen LogP contribution in [0.4, 0.5) is 5.69 Å². The summed E-state index contributed by atoms with van der Waals surface area (Å²) in [5.41, 5.74) is 1.76. The number of Topliss-reactive ketones (excluding diaryl/α,β-unsaturated/α-hetero) is 1. The van der Waals surface area contributed by atoms with Gasteiger partial charge in [-0.1, -0.05) is 59.7 Å². The summed E-state index contributed by atoms with van der Waals surface area (Å²) in [6.07, 6.45) is 1.29. The number of benzene rings is 1. The smallest absolute Gasteiger partial charge is 0.138 e. The van der Waals surface area contributed by atoms with Crippen molar-refractivity contribution in [2.24, 2.45) is 15.8 Å². The predicted molar refractivity (Wildman–Crippen MR) is 86.7 cm³/mol. The third kappa shape index (κ3) is 5.28. The van der Waals surface area contributed by atoms with Crippen LogP contribution in [0.2, 0.25) is 0 Å². The summed E-state index contributed by atoms with van der Waals surface area (Å²) in [6.45, 7) is 12.4. The number of nitrogens with zero attached hydrogens (tertiary/aromatic N) is 1. The minimum Gasteiger partial charge on any atom is -0.299 e. The molecule has 0 radical (unpaired) electrons. The molecule has 0 N–H and O–H groups in total. The van der Waals surface area contributed by atoms with Crippen LogP contribution in [0.15, 0.2) is 35.3 Å². The highest BCUT2D eigenvalue weighted by Crippen LogP contribution is 2.26. The number of rotatable bonds is 4. The monoisotopic (exact) mass is 273 g/mol. The first-order valence-electron chi connectivity index (χ1n) is 7.27. The molecule has 20 heavy (non-hydrogen) atoms. The number of ketones is 1. The first kappa shape index (κ1) is 16.6. The molecule has 110 valence electrons. The topological polar surface area (TPSA) is 29.4 Å². The maximum Gasteiger partial charge on any atom is 0.138 e. The summed E-state index contributed by atoms with van der Waals surface area (Å²) in [6, 6.07) is 9.95. The van der Waals surface area contributed by atoms with E-state index in [9.17, 15) is 4.79 Å². The van der Waals surface area contributed by atoms with Crippen molar-refractivity contribution in [2.75, 3.05) is 0 Å². The largest absolute Gasteiger partial charge is 0.299 e. The molecular weight excluding hydrogens is 246 g/mol. The van der Waals surface area contributed by atoms with Crippen molar-refractivity contribution >= 4 is 17.2 Å². The van der Waals surface area contributed by atoms with Crippen molar-refractivity contribution in [1.82, 2.24) is 0 Å². The molecule has 0 saturated heterocycles. The van der Waals surface area contributed by atoms with Gasteiger partial charge in [-0.25, -0.2) is 0 Å². The molecule has 0 atom stereocenters. The van der Waals surface area contributed by atoms with Crippen molar-refractivity contribution in [1.29, 1.82) is 0 Å². The number of carbonyl (C=O) groups excluding carboxylic acids is 1. The molecule has 0 saturated carbocycles. The fraction of sp³-hybridized carbons (Fsp3) is 0.556. The molecule has 1 aromatic carbocycles. The highest BCUT2D eigenvalue weighted by Gasteiger charge is 2.24. The number of para-hydroxylation sites is 1. The van der Waals surface area contributed by atoms with Gasteiger partial charge in [0, 0.05) is 23.0 Å². The zero-order chi connectivity index (χ0) is 15.4. The van der Waals surface area contributed by atoms with E-state index in [1.165, 1.54) is 0 Å². The van der Waals surface area contributed by atoms with E-state index in [0.29, 0.717) is 12.2 Å². The van der Waals surface area contributed by atoms with E-state index in [1.54, 1.807) is 0 Å². The third-order valence-electron chi connectivity index (χ3n) is 3.31. The van der Waals surface area contributed by atoms with Crippen LogP contribution in [0.3, 0.4) is 0 Å². The Morgan fingerprint density at radius 1 is 0.900 bits per heavy atom. The first-order chi connectivity index (χ1) is 9.10. The van der Waals surface area contributed by atoms with Gasteiger partial charge in [0.05, 0.1) is 5.69 Å². The molecule has 0 amide bonds. The summed E-state index contributed by atoms with van der Waals surface area (Å²) in [4.78, 5) is 16.8. The second kappa shape index (κ2) is 6.34. The number of aliphatic imine (C=N–C) groups is 1. The summed E-state index contributed by atoms with van der Waals surface area (Å²) >= 11 is 0. The van der Waals surface area contributed by atoms with Crippen molar-refractivity contribution in [3.63, 3.8) is 0 Å². The molecule has 0 unspecified atom stereocenters. The molecule has 1 aromatic rings. The average Bonchev–Trinajstić information content (AvgIpc) is 2.32. The number of carbonyl (C=O) groups is 1. The van der Waals surface area contributed by atoms with E-state index < -0.39 is 0 Å². The fourth-order valence-corrected chi connectivity index (χ4v) is 1.86. The molecule has 0 heterocycles. The van der Waals surface area contributed by atoms with Gasteiger partial charge in [-0.3, -0.25) is 9.79 Å². The van der Waals surface area contributed by atoms with Gasteiger partial charge in [-0.05, 0) is 18.6 Å². The van der Waals surface area contributed by atoms with E-state index in [-0.39, 0.29) is 10.8 Å². The van der Waals surface area contributed by atoms with E-state index in [0.717, 1.165) is 17.8 Å². The minimum absolute atomic E-state index is 0.0198. The quantitative estimate of drug-likeness (QED) is 0.693. The van der Waals surface area contributed by atoms with Crippen LogP contribution in [0, 0.1) is 10.8 Å². The van der Waals surface area contributed by atoms with Gasteiger partial charge in [0.15, 0.2) is 0 Å². The molecule has 2 nitrogen and oxygen atoms in total. The van der Waals surface area contributed by atoms with Crippen molar-refractivity contribution in [2.45, 2.75) is 54.4 Å². The minimum atomic E-state index is -0.268. The maximum absolute atomic E-state index is 12.1. The maximum atomic E-state index is 12.1. The Hall–Kier alpha value is -1.44. The predicted octanol–water partition coefficient (Wildman–Crippen LogP) is 5.20. The summed E-state index contributed by atoms with van der Waals surface area (Å²) in [7, 11) is 0. The third-order valence-corrected chi connectivity index (χ3v) is 3.31. The highest BCUT2D eigenvalue weighted by molar-refractivity contribution is 5.95. The Balaban J connectivity index is 2.88. The van der Waals surface area contributed by atoms with Gasteiger partial charge >= 0.3 is 0 Å². The number of hydrogen-bond acceptors (Lipinski definition) is 2. The second-order valence-electron chi connectivity index (χ2n) is 7.32. The average molecular weight is 273 g/mol. The molecule has 0 spiro atoms. The normalized spacial score (nSPS) is 13.4. The molecule has 0 aromatic heterocycles. The first-order valence-corrected chi connectivity index (χ1v) is 7.27. The lowest BCUT2D eigenvalue weighted by molar-refractivity contribution is -0.126. The van der Waals surface area contributed by atoms with Gasteiger partial charge in [0.25, 0.3) is 0 Å². The van der Waals surface area contributed by atoms with Crippen LogP contribution in [0.5, 0.6) is 0 Å². The molecule has 0 fully saturated rings. The Morgan fingerprint density at radius 3 is 1.90 bits per heavy atom. The molecule has 2 heteroatoms. The lowest BCUT2D eigenvalue weighted by atomic mass is 9.83. The van der Waals surface area contributed by atoms with E-state index in [2.05, 4.69) is 20.8 Å².